The van der Waals surface area contributed by atoms with Crippen LogP contribution in [0.5, 0.6) is 11.5 Å². The molecule has 0 radical (unpaired) electrons. The van der Waals surface area contributed by atoms with Gasteiger partial charge < -0.3 is 19.9 Å². The molecule has 136 valence electrons. The number of carbonyl (C=O) groups is 2. The number of carboxylic acids is 1. The second-order valence-corrected chi connectivity index (χ2v) is 6.19. The van der Waals surface area contributed by atoms with E-state index < -0.39 is 11.9 Å². The molecule has 26 heavy (non-hydrogen) atoms. The second kappa shape index (κ2) is 7.91. The minimum Gasteiger partial charge on any atom is -0.493 e. The molecule has 0 saturated heterocycles. The summed E-state index contributed by atoms with van der Waals surface area (Å²) in [7, 11) is 1.57. The molecule has 3 rings (SSSR count). The Kier molecular flexibility index (Phi) is 5.41. The van der Waals surface area contributed by atoms with Gasteiger partial charge >= 0.3 is 5.97 Å². The van der Waals surface area contributed by atoms with Crippen LogP contribution in [0.25, 0.3) is 0 Å². The van der Waals surface area contributed by atoms with Crippen LogP contribution in [0.1, 0.15) is 46.4 Å². The summed E-state index contributed by atoms with van der Waals surface area (Å²) in [4.78, 5) is 23.8. The number of carbonyl (C=O) groups excluding carboxylic acids is 1. The number of anilines is 1. The molecule has 0 unspecified atom stereocenters. The van der Waals surface area contributed by atoms with E-state index in [4.69, 9.17) is 9.47 Å². The van der Waals surface area contributed by atoms with Gasteiger partial charge in [-0.15, -0.1) is 0 Å². The highest BCUT2D eigenvalue weighted by Gasteiger charge is 2.20. The Morgan fingerprint density at radius 2 is 1.73 bits per heavy atom. The van der Waals surface area contributed by atoms with Crippen LogP contribution in [0.15, 0.2) is 42.5 Å². The van der Waals surface area contributed by atoms with E-state index in [0.717, 1.165) is 25.7 Å². The van der Waals surface area contributed by atoms with Gasteiger partial charge in [0.1, 0.15) is 0 Å². The smallest absolute Gasteiger partial charge is 0.336 e. The Labute approximate surface area is 151 Å². The summed E-state index contributed by atoms with van der Waals surface area (Å²) in [5, 5.41) is 12.0. The number of aromatic carboxylic acids is 1. The first-order valence-electron chi connectivity index (χ1n) is 8.57. The van der Waals surface area contributed by atoms with Crippen molar-refractivity contribution in [2.75, 3.05) is 12.4 Å². The third-order valence-corrected chi connectivity index (χ3v) is 4.42. The molecular formula is C20H21NO5. The number of rotatable bonds is 6. The van der Waals surface area contributed by atoms with Crippen LogP contribution in [0, 0.1) is 0 Å². The van der Waals surface area contributed by atoms with Crippen LogP contribution in [0.2, 0.25) is 0 Å². The van der Waals surface area contributed by atoms with Crippen molar-refractivity contribution >= 4 is 17.6 Å². The maximum atomic E-state index is 12.5. The number of hydrogen-bond donors (Lipinski definition) is 2. The predicted molar refractivity (Wildman–Crippen MR) is 97.2 cm³/mol. The van der Waals surface area contributed by atoms with Crippen LogP contribution >= 0.6 is 0 Å². The average Bonchev–Trinajstić information content (AvgIpc) is 3.15. The van der Waals surface area contributed by atoms with Gasteiger partial charge in [-0.05, 0) is 49.9 Å². The summed E-state index contributed by atoms with van der Waals surface area (Å²) >= 11 is 0. The predicted octanol–water partition coefficient (Wildman–Crippen LogP) is 3.97. The zero-order chi connectivity index (χ0) is 18.5. The molecule has 1 aliphatic carbocycles. The van der Waals surface area contributed by atoms with Crippen molar-refractivity contribution in [2.45, 2.75) is 31.8 Å². The summed E-state index contributed by atoms with van der Waals surface area (Å²) in [5.41, 5.74) is 0.582. The van der Waals surface area contributed by atoms with Gasteiger partial charge in [0.15, 0.2) is 11.5 Å². The van der Waals surface area contributed by atoms with Crippen molar-refractivity contribution in [1.29, 1.82) is 0 Å². The van der Waals surface area contributed by atoms with Crippen molar-refractivity contribution < 1.29 is 24.2 Å². The minimum atomic E-state index is -1.14. The zero-order valence-electron chi connectivity index (χ0n) is 14.5. The highest BCUT2D eigenvalue weighted by atomic mass is 16.5. The number of methoxy groups -OCH3 is 1. The SMILES string of the molecule is COc1ccc(NC(=O)c2ccccc2C(=O)O)cc1OC1CCCC1. The quantitative estimate of drug-likeness (QED) is 0.819. The van der Waals surface area contributed by atoms with Crippen molar-refractivity contribution in [3.8, 4) is 11.5 Å². The molecule has 0 bridgehead atoms. The fourth-order valence-electron chi connectivity index (χ4n) is 3.10. The number of nitrogens with one attached hydrogen (secondary N) is 1. The van der Waals surface area contributed by atoms with Crippen LogP contribution in [0.3, 0.4) is 0 Å². The zero-order valence-corrected chi connectivity index (χ0v) is 14.5. The summed E-state index contributed by atoms with van der Waals surface area (Å²) < 4.78 is 11.4. The van der Waals surface area contributed by atoms with E-state index in [1.54, 1.807) is 37.4 Å². The van der Waals surface area contributed by atoms with E-state index in [-0.39, 0.29) is 17.2 Å². The first-order valence-corrected chi connectivity index (χ1v) is 8.57. The van der Waals surface area contributed by atoms with Gasteiger partial charge in [-0.3, -0.25) is 4.79 Å². The Bertz CT molecular complexity index is 812. The molecule has 2 N–H and O–H groups in total. The molecule has 1 aliphatic rings. The van der Waals surface area contributed by atoms with Crippen molar-refractivity contribution in [3.63, 3.8) is 0 Å². The molecule has 2 aromatic carbocycles. The number of ether oxygens (including phenoxy) is 2. The summed E-state index contributed by atoms with van der Waals surface area (Å²) in [6, 6.07) is 11.2. The lowest BCUT2D eigenvalue weighted by Gasteiger charge is -2.17. The molecular weight excluding hydrogens is 334 g/mol. The first kappa shape index (κ1) is 17.8. The molecule has 1 saturated carbocycles. The Morgan fingerprint density at radius 3 is 2.38 bits per heavy atom. The lowest BCUT2D eigenvalue weighted by molar-refractivity contribution is 0.0692. The summed E-state index contributed by atoms with van der Waals surface area (Å²) in [5.74, 6) is -0.458. The molecule has 1 fully saturated rings. The Hall–Kier alpha value is -3.02. The molecule has 0 atom stereocenters. The van der Waals surface area contributed by atoms with E-state index in [1.807, 2.05) is 0 Å². The van der Waals surface area contributed by atoms with Crippen molar-refractivity contribution in [2.24, 2.45) is 0 Å². The maximum absolute atomic E-state index is 12.5. The molecule has 0 spiro atoms. The van der Waals surface area contributed by atoms with Gasteiger partial charge in [0.2, 0.25) is 0 Å². The molecule has 1 amide bonds. The number of hydrogen-bond acceptors (Lipinski definition) is 4. The van der Waals surface area contributed by atoms with E-state index in [9.17, 15) is 14.7 Å². The topological polar surface area (TPSA) is 84.9 Å². The molecule has 6 heteroatoms. The fraction of sp³-hybridized carbons (Fsp3) is 0.300. The number of amides is 1. The van der Waals surface area contributed by atoms with E-state index in [0.29, 0.717) is 17.2 Å². The molecule has 0 aliphatic heterocycles. The van der Waals surface area contributed by atoms with Crippen LogP contribution < -0.4 is 14.8 Å². The standard InChI is InChI=1S/C20H21NO5/c1-25-17-11-10-13(12-18(17)26-14-6-2-3-7-14)21-19(22)15-8-4-5-9-16(15)20(23)24/h4-5,8-12,14H,2-3,6-7H2,1H3,(H,21,22)(H,23,24). The molecule has 6 nitrogen and oxygen atoms in total. The normalized spacial score (nSPS) is 14.0. The van der Waals surface area contributed by atoms with Crippen LogP contribution in [0.4, 0.5) is 5.69 Å². The van der Waals surface area contributed by atoms with Gasteiger partial charge in [0.25, 0.3) is 5.91 Å². The second-order valence-electron chi connectivity index (χ2n) is 6.19. The van der Waals surface area contributed by atoms with E-state index in [2.05, 4.69) is 5.32 Å². The maximum Gasteiger partial charge on any atom is 0.336 e. The highest BCUT2D eigenvalue weighted by Crippen LogP contribution is 2.34. The molecule has 2 aromatic rings. The van der Waals surface area contributed by atoms with E-state index >= 15 is 0 Å². The van der Waals surface area contributed by atoms with Gasteiger partial charge in [-0.25, -0.2) is 4.79 Å². The third-order valence-electron chi connectivity index (χ3n) is 4.42. The number of carboxylic acid groups (broad SMARTS) is 1. The number of benzene rings is 2. The highest BCUT2D eigenvalue weighted by molar-refractivity contribution is 6.10. The summed E-state index contributed by atoms with van der Waals surface area (Å²) in [6.45, 7) is 0. The van der Waals surface area contributed by atoms with Gasteiger partial charge in [-0.2, -0.15) is 0 Å². The largest absolute Gasteiger partial charge is 0.493 e. The van der Waals surface area contributed by atoms with Gasteiger partial charge in [0, 0.05) is 11.8 Å². The molecule has 0 aromatic heterocycles. The van der Waals surface area contributed by atoms with Crippen molar-refractivity contribution in [3.05, 3.63) is 53.6 Å². The van der Waals surface area contributed by atoms with Crippen molar-refractivity contribution in [1.82, 2.24) is 0 Å². The first-order chi connectivity index (χ1) is 12.6. The fourth-order valence-corrected chi connectivity index (χ4v) is 3.10. The monoisotopic (exact) mass is 355 g/mol. The Morgan fingerprint density at radius 1 is 1.04 bits per heavy atom. The molecule has 0 heterocycles. The third kappa shape index (κ3) is 3.96. The average molecular weight is 355 g/mol. The lowest BCUT2D eigenvalue weighted by atomic mass is 10.1. The van der Waals surface area contributed by atoms with E-state index in [1.165, 1.54) is 12.1 Å². The lowest BCUT2D eigenvalue weighted by Crippen LogP contribution is -2.17. The van der Waals surface area contributed by atoms with Crippen LogP contribution in [-0.4, -0.2) is 30.2 Å². The van der Waals surface area contributed by atoms with Crippen LogP contribution in [-0.2, 0) is 0 Å². The Balaban J connectivity index is 1.81. The van der Waals surface area contributed by atoms with Gasteiger partial charge in [0.05, 0.1) is 24.3 Å². The van der Waals surface area contributed by atoms with Gasteiger partial charge in [-0.1, -0.05) is 12.1 Å². The summed E-state index contributed by atoms with van der Waals surface area (Å²) in [6.07, 6.45) is 4.46. The minimum absolute atomic E-state index is 0.0408.